The quantitative estimate of drug-likeness (QED) is 0.0894. The molecule has 3 rings (SSSR count). The molecule has 3 aromatic carbocycles. The van der Waals surface area contributed by atoms with Crippen molar-refractivity contribution >= 4 is 8.60 Å². The van der Waals surface area contributed by atoms with E-state index in [-0.39, 0.29) is 0 Å². The standard InChI is InChI=1S/C21H21O3P.C18H38O/c1-16-4-10-19(11-5-16)22-25(23-20-12-6-17(2)7-13-20)24-21-14-8-18(3)9-15-21;1-2-3-4-5-6-7-8-9-10-11-12-13-14-15-16-17-18-19/h4-15H,1-3H3;19H,2-18H2,1H3. The maximum Gasteiger partial charge on any atom is 0.530 e. The van der Waals surface area contributed by atoms with Crippen molar-refractivity contribution in [1.82, 2.24) is 0 Å². The summed E-state index contributed by atoms with van der Waals surface area (Å²) in [6.45, 7) is 8.78. The Morgan fingerprint density at radius 1 is 0.409 bits per heavy atom. The molecule has 44 heavy (non-hydrogen) atoms. The van der Waals surface area contributed by atoms with Crippen molar-refractivity contribution in [3.63, 3.8) is 0 Å². The van der Waals surface area contributed by atoms with Crippen LogP contribution in [-0.2, 0) is 0 Å². The van der Waals surface area contributed by atoms with Crippen molar-refractivity contribution in [2.45, 2.75) is 130 Å². The van der Waals surface area contributed by atoms with Gasteiger partial charge in [0.2, 0.25) is 0 Å². The predicted octanol–water partition coefficient (Wildman–Crippen LogP) is 12.6. The molecule has 1 N–H and O–H groups in total. The van der Waals surface area contributed by atoms with E-state index in [0.29, 0.717) is 6.61 Å². The Balaban J connectivity index is 0.000000321. The fraction of sp³-hybridized carbons (Fsp3) is 0.538. The van der Waals surface area contributed by atoms with E-state index in [9.17, 15) is 0 Å². The Hall–Kier alpha value is -2.55. The summed E-state index contributed by atoms with van der Waals surface area (Å²) in [6, 6.07) is 23.5. The molecule has 5 heteroatoms. The Kier molecular flexibility index (Phi) is 21.2. The van der Waals surface area contributed by atoms with Crippen LogP contribution in [0.4, 0.5) is 0 Å². The van der Waals surface area contributed by atoms with Crippen LogP contribution in [0.2, 0.25) is 0 Å². The average Bonchev–Trinajstić information content (AvgIpc) is 3.03. The molecule has 0 aliphatic heterocycles. The van der Waals surface area contributed by atoms with Gasteiger partial charge in [0.05, 0.1) is 0 Å². The molecule has 0 aliphatic carbocycles. The van der Waals surface area contributed by atoms with E-state index in [2.05, 4.69) is 6.92 Å². The number of rotatable bonds is 22. The average molecular weight is 623 g/mol. The second-order valence-corrected chi connectivity index (χ2v) is 13.0. The molecule has 0 aliphatic rings. The van der Waals surface area contributed by atoms with Gasteiger partial charge in [0.25, 0.3) is 0 Å². The van der Waals surface area contributed by atoms with Crippen LogP contribution in [0.1, 0.15) is 126 Å². The number of hydrogen-bond acceptors (Lipinski definition) is 4. The fourth-order valence-electron chi connectivity index (χ4n) is 4.77. The number of aryl methyl sites for hydroxylation is 3. The molecule has 0 saturated heterocycles. The zero-order valence-corrected chi connectivity index (χ0v) is 29.0. The van der Waals surface area contributed by atoms with Crippen molar-refractivity contribution in [3.8, 4) is 17.2 Å². The summed E-state index contributed by atoms with van der Waals surface area (Å²) in [5, 5.41) is 8.67. The van der Waals surface area contributed by atoms with E-state index in [4.69, 9.17) is 18.7 Å². The lowest BCUT2D eigenvalue weighted by molar-refractivity contribution is 0.282. The maximum absolute atomic E-state index is 8.67. The fourth-order valence-corrected chi connectivity index (χ4v) is 5.76. The van der Waals surface area contributed by atoms with Crippen molar-refractivity contribution in [2.75, 3.05) is 6.61 Å². The maximum atomic E-state index is 8.67. The molecule has 0 aromatic heterocycles. The molecular weight excluding hydrogens is 563 g/mol. The molecule has 0 amide bonds. The van der Waals surface area contributed by atoms with E-state index >= 15 is 0 Å². The van der Waals surface area contributed by atoms with Crippen molar-refractivity contribution in [3.05, 3.63) is 89.5 Å². The van der Waals surface area contributed by atoms with E-state index in [0.717, 1.165) is 23.7 Å². The van der Waals surface area contributed by atoms with Crippen LogP contribution >= 0.6 is 8.60 Å². The first-order chi connectivity index (χ1) is 21.5. The second-order valence-electron chi connectivity index (χ2n) is 12.0. The first kappa shape index (κ1) is 37.6. The van der Waals surface area contributed by atoms with Gasteiger partial charge in [0, 0.05) is 6.61 Å². The van der Waals surface area contributed by atoms with Gasteiger partial charge in [-0.05, 0) is 63.6 Å². The first-order valence-corrected chi connectivity index (χ1v) is 18.2. The molecule has 0 atom stereocenters. The Morgan fingerprint density at radius 2 is 0.659 bits per heavy atom. The lowest BCUT2D eigenvalue weighted by Gasteiger charge is -2.18. The Labute approximate surface area is 270 Å². The molecule has 0 fully saturated rings. The number of aliphatic hydroxyl groups is 1. The van der Waals surface area contributed by atoms with Gasteiger partial charge in [0.15, 0.2) is 0 Å². The molecule has 0 unspecified atom stereocenters. The third-order valence-electron chi connectivity index (χ3n) is 7.61. The normalized spacial score (nSPS) is 10.8. The first-order valence-electron chi connectivity index (χ1n) is 17.1. The SMILES string of the molecule is CCCCCCCCCCCCCCCCCCO.Cc1ccc(OP(Oc2ccc(C)cc2)Oc2ccc(C)cc2)cc1. The second kappa shape index (κ2) is 24.7. The van der Waals surface area contributed by atoms with Gasteiger partial charge in [-0.1, -0.05) is 156 Å². The van der Waals surface area contributed by atoms with E-state index in [1.165, 1.54) is 113 Å². The Bertz CT molecular complexity index is 938. The van der Waals surface area contributed by atoms with Gasteiger partial charge in [-0.2, -0.15) is 0 Å². The van der Waals surface area contributed by atoms with Crippen molar-refractivity contribution in [1.29, 1.82) is 0 Å². The number of benzene rings is 3. The van der Waals surface area contributed by atoms with Crippen LogP contribution in [0.5, 0.6) is 17.2 Å². The highest BCUT2D eigenvalue weighted by Crippen LogP contribution is 2.42. The molecule has 0 bridgehead atoms. The minimum absolute atomic E-state index is 0.373. The molecule has 0 spiro atoms. The highest BCUT2D eigenvalue weighted by Gasteiger charge is 2.19. The number of aliphatic hydroxyl groups excluding tert-OH is 1. The summed E-state index contributed by atoms with van der Waals surface area (Å²) in [6.07, 6.45) is 22.2. The summed E-state index contributed by atoms with van der Waals surface area (Å²) >= 11 is 0. The molecule has 0 radical (unpaired) electrons. The van der Waals surface area contributed by atoms with Crippen LogP contribution in [0.15, 0.2) is 72.8 Å². The molecule has 0 saturated carbocycles. The van der Waals surface area contributed by atoms with E-state index in [1.54, 1.807) is 0 Å². The molecule has 0 heterocycles. The molecule has 4 nitrogen and oxygen atoms in total. The summed E-state index contributed by atoms with van der Waals surface area (Å²) in [5.41, 5.74) is 3.53. The van der Waals surface area contributed by atoms with Crippen molar-refractivity contribution < 1.29 is 18.7 Å². The zero-order valence-electron chi connectivity index (χ0n) is 28.1. The Morgan fingerprint density at radius 3 is 0.909 bits per heavy atom. The highest BCUT2D eigenvalue weighted by atomic mass is 31.2. The number of unbranched alkanes of at least 4 members (excludes halogenated alkanes) is 15. The molecular formula is C39H59O4P. The van der Waals surface area contributed by atoms with Crippen molar-refractivity contribution in [2.24, 2.45) is 0 Å². The van der Waals surface area contributed by atoms with Crippen LogP contribution in [0.3, 0.4) is 0 Å². The predicted molar refractivity (Wildman–Crippen MR) is 189 cm³/mol. The van der Waals surface area contributed by atoms with Gasteiger partial charge < -0.3 is 18.7 Å². The molecule has 244 valence electrons. The lowest BCUT2D eigenvalue weighted by Crippen LogP contribution is -2.02. The third-order valence-corrected chi connectivity index (χ3v) is 8.69. The monoisotopic (exact) mass is 622 g/mol. The van der Waals surface area contributed by atoms with E-state index < -0.39 is 8.60 Å². The highest BCUT2D eigenvalue weighted by molar-refractivity contribution is 7.43. The lowest BCUT2D eigenvalue weighted by atomic mass is 10.0. The van der Waals surface area contributed by atoms with Crippen LogP contribution in [-0.4, -0.2) is 11.7 Å². The van der Waals surface area contributed by atoms with Gasteiger partial charge in [-0.15, -0.1) is 0 Å². The number of hydrogen-bond donors (Lipinski definition) is 1. The summed E-state index contributed by atoms with van der Waals surface area (Å²) in [4.78, 5) is 0. The van der Waals surface area contributed by atoms with E-state index in [1.807, 2.05) is 93.6 Å². The van der Waals surface area contributed by atoms with Gasteiger partial charge in [-0.3, -0.25) is 0 Å². The molecule has 3 aromatic rings. The smallest absolute Gasteiger partial charge is 0.409 e. The van der Waals surface area contributed by atoms with Crippen LogP contribution in [0.25, 0.3) is 0 Å². The largest absolute Gasteiger partial charge is 0.530 e. The zero-order chi connectivity index (χ0) is 31.7. The topological polar surface area (TPSA) is 47.9 Å². The minimum atomic E-state index is -1.62. The summed E-state index contributed by atoms with van der Waals surface area (Å²) in [7, 11) is -1.62. The summed E-state index contributed by atoms with van der Waals surface area (Å²) < 4.78 is 17.9. The minimum Gasteiger partial charge on any atom is -0.409 e. The van der Waals surface area contributed by atoms with Gasteiger partial charge in [0.1, 0.15) is 17.2 Å². The van der Waals surface area contributed by atoms with Gasteiger partial charge >= 0.3 is 8.60 Å². The van der Waals surface area contributed by atoms with Gasteiger partial charge in [-0.25, -0.2) is 0 Å². The van der Waals surface area contributed by atoms with Crippen LogP contribution < -0.4 is 13.6 Å². The third kappa shape index (κ3) is 19.0. The summed E-state index contributed by atoms with van der Waals surface area (Å²) in [5.74, 6) is 2.16. The van der Waals surface area contributed by atoms with Crippen LogP contribution in [0, 0.1) is 20.8 Å².